The third-order valence-electron chi connectivity index (χ3n) is 3.33. The van der Waals surface area contributed by atoms with Gasteiger partial charge in [-0.3, -0.25) is 0 Å². The minimum Gasteiger partial charge on any atom is -0.493 e. The van der Waals surface area contributed by atoms with E-state index in [0.29, 0.717) is 6.61 Å². The Kier molecular flexibility index (Phi) is 3.69. The maximum Gasteiger partial charge on any atom is 0.121 e. The zero-order valence-electron chi connectivity index (χ0n) is 10.9. The van der Waals surface area contributed by atoms with E-state index in [1.54, 1.807) is 0 Å². The molecular weight excluding hydrogens is 256 g/mol. The van der Waals surface area contributed by atoms with Crippen LogP contribution in [0.3, 0.4) is 0 Å². The molecule has 0 saturated heterocycles. The topological polar surface area (TPSA) is 48.1 Å². The lowest BCUT2D eigenvalue weighted by Crippen LogP contribution is -2.02. The number of anilines is 1. The number of nitrogen functional groups attached to an aromatic ring is 1. The smallest absolute Gasteiger partial charge is 0.121 e. The fourth-order valence-electron chi connectivity index (χ4n) is 2.37. The lowest BCUT2D eigenvalue weighted by Gasteiger charge is -2.06. The molecule has 1 aromatic carbocycles. The zero-order chi connectivity index (χ0) is 13.1. The molecule has 0 atom stereocenters. The molecule has 0 unspecified atom stereocenters. The van der Waals surface area contributed by atoms with E-state index in [9.17, 15) is 0 Å². The van der Waals surface area contributed by atoms with Crippen LogP contribution in [0.5, 0.6) is 5.75 Å². The number of hydrogen-bond acceptors (Lipinski definition) is 4. The van der Waals surface area contributed by atoms with E-state index in [1.165, 1.54) is 34.8 Å². The van der Waals surface area contributed by atoms with E-state index < -0.39 is 0 Å². The Bertz CT molecular complexity index is 542. The van der Waals surface area contributed by atoms with Crippen LogP contribution in [-0.2, 0) is 19.3 Å². The van der Waals surface area contributed by atoms with Gasteiger partial charge in [0.15, 0.2) is 0 Å². The van der Waals surface area contributed by atoms with Crippen LogP contribution in [0.1, 0.15) is 28.4 Å². The monoisotopic (exact) mass is 274 g/mol. The van der Waals surface area contributed by atoms with Gasteiger partial charge in [0.1, 0.15) is 5.75 Å². The standard InChI is InChI=1S/C15H18N2OS/c16-11-4-3-5-12(10-11)18-9-8-15-17-13-6-1-2-7-14(13)19-15/h3-5,10H,1-2,6-9,16H2. The molecule has 0 saturated carbocycles. The summed E-state index contributed by atoms with van der Waals surface area (Å²) in [5.74, 6) is 0.835. The van der Waals surface area contributed by atoms with Gasteiger partial charge in [-0.1, -0.05) is 6.07 Å². The number of aryl methyl sites for hydroxylation is 2. The Balaban J connectivity index is 1.56. The first-order valence-corrected chi connectivity index (χ1v) is 7.59. The lowest BCUT2D eigenvalue weighted by molar-refractivity contribution is 0.322. The summed E-state index contributed by atoms with van der Waals surface area (Å²) in [7, 11) is 0. The first-order valence-electron chi connectivity index (χ1n) is 6.77. The molecule has 3 nitrogen and oxygen atoms in total. The molecular formula is C15H18N2OS. The number of rotatable bonds is 4. The average Bonchev–Trinajstić information content (AvgIpc) is 2.81. The summed E-state index contributed by atoms with van der Waals surface area (Å²) in [6.45, 7) is 0.663. The molecule has 0 radical (unpaired) electrons. The average molecular weight is 274 g/mol. The van der Waals surface area contributed by atoms with E-state index in [0.717, 1.165) is 24.3 Å². The van der Waals surface area contributed by atoms with Gasteiger partial charge in [0, 0.05) is 23.1 Å². The van der Waals surface area contributed by atoms with Crippen molar-refractivity contribution < 1.29 is 4.74 Å². The second kappa shape index (κ2) is 5.61. The Morgan fingerprint density at radius 3 is 3.00 bits per heavy atom. The van der Waals surface area contributed by atoms with Crippen LogP contribution in [0.25, 0.3) is 0 Å². The summed E-state index contributed by atoms with van der Waals surface area (Å²) in [6, 6.07) is 7.56. The van der Waals surface area contributed by atoms with Gasteiger partial charge < -0.3 is 10.5 Å². The van der Waals surface area contributed by atoms with E-state index in [2.05, 4.69) is 0 Å². The van der Waals surface area contributed by atoms with Crippen molar-refractivity contribution in [2.24, 2.45) is 0 Å². The normalized spacial score (nSPS) is 14.1. The van der Waals surface area contributed by atoms with E-state index in [4.69, 9.17) is 15.5 Å². The number of benzene rings is 1. The van der Waals surface area contributed by atoms with Crippen molar-refractivity contribution in [1.82, 2.24) is 4.98 Å². The SMILES string of the molecule is Nc1cccc(OCCc2nc3c(s2)CCCC3)c1. The molecule has 0 amide bonds. The largest absolute Gasteiger partial charge is 0.493 e. The van der Waals surface area contributed by atoms with Crippen molar-refractivity contribution >= 4 is 17.0 Å². The number of hydrogen-bond donors (Lipinski definition) is 1. The summed E-state index contributed by atoms with van der Waals surface area (Å²) in [4.78, 5) is 6.20. The molecule has 100 valence electrons. The predicted molar refractivity (Wildman–Crippen MR) is 78.8 cm³/mol. The van der Waals surface area contributed by atoms with Crippen molar-refractivity contribution in [3.05, 3.63) is 39.8 Å². The van der Waals surface area contributed by atoms with Crippen molar-refractivity contribution in [2.75, 3.05) is 12.3 Å². The van der Waals surface area contributed by atoms with E-state index >= 15 is 0 Å². The molecule has 1 heterocycles. The highest BCUT2D eigenvalue weighted by atomic mass is 32.1. The molecule has 1 aromatic heterocycles. The molecule has 0 fully saturated rings. The maximum absolute atomic E-state index is 5.72. The number of thiazole rings is 1. The summed E-state index contributed by atoms with van der Waals surface area (Å²) in [5.41, 5.74) is 7.78. The maximum atomic E-state index is 5.72. The second-order valence-corrected chi connectivity index (χ2v) is 6.02. The summed E-state index contributed by atoms with van der Waals surface area (Å²) >= 11 is 1.86. The molecule has 19 heavy (non-hydrogen) atoms. The Morgan fingerprint density at radius 2 is 2.16 bits per heavy atom. The first kappa shape index (κ1) is 12.5. The van der Waals surface area contributed by atoms with Gasteiger partial charge in [0.25, 0.3) is 0 Å². The Hall–Kier alpha value is -1.55. The van der Waals surface area contributed by atoms with Crippen LogP contribution >= 0.6 is 11.3 Å². The Labute approximate surface area is 117 Å². The van der Waals surface area contributed by atoms with Gasteiger partial charge >= 0.3 is 0 Å². The van der Waals surface area contributed by atoms with Crippen molar-refractivity contribution in [3.63, 3.8) is 0 Å². The highest BCUT2D eigenvalue weighted by molar-refractivity contribution is 7.11. The van der Waals surface area contributed by atoms with Crippen molar-refractivity contribution in [3.8, 4) is 5.75 Å². The quantitative estimate of drug-likeness (QED) is 0.871. The van der Waals surface area contributed by atoms with Gasteiger partial charge in [0.2, 0.25) is 0 Å². The second-order valence-electron chi connectivity index (χ2n) is 4.86. The predicted octanol–water partition coefficient (Wildman–Crippen LogP) is 3.23. The summed E-state index contributed by atoms with van der Waals surface area (Å²) in [6.07, 6.45) is 5.85. The van der Waals surface area contributed by atoms with E-state index in [1.807, 2.05) is 35.6 Å². The molecule has 0 aliphatic heterocycles. The fraction of sp³-hybridized carbons (Fsp3) is 0.400. The number of nitrogens with two attached hydrogens (primary N) is 1. The minimum atomic E-state index is 0.663. The van der Waals surface area contributed by atoms with E-state index in [-0.39, 0.29) is 0 Å². The minimum absolute atomic E-state index is 0.663. The van der Waals surface area contributed by atoms with Crippen LogP contribution in [0.4, 0.5) is 5.69 Å². The third kappa shape index (κ3) is 3.07. The van der Waals surface area contributed by atoms with Gasteiger partial charge in [-0.05, 0) is 37.8 Å². The van der Waals surface area contributed by atoms with Crippen LogP contribution in [0.15, 0.2) is 24.3 Å². The van der Waals surface area contributed by atoms with Gasteiger partial charge in [-0.2, -0.15) is 0 Å². The fourth-order valence-corrected chi connectivity index (χ4v) is 3.51. The van der Waals surface area contributed by atoms with Crippen LogP contribution in [0.2, 0.25) is 0 Å². The number of aromatic nitrogens is 1. The third-order valence-corrected chi connectivity index (χ3v) is 4.55. The van der Waals surface area contributed by atoms with Crippen molar-refractivity contribution in [1.29, 1.82) is 0 Å². The number of ether oxygens (including phenoxy) is 1. The zero-order valence-corrected chi connectivity index (χ0v) is 11.7. The van der Waals surface area contributed by atoms with Gasteiger partial charge in [0.05, 0.1) is 17.3 Å². The van der Waals surface area contributed by atoms with Gasteiger partial charge in [-0.15, -0.1) is 11.3 Å². The lowest BCUT2D eigenvalue weighted by atomic mass is 10.0. The molecule has 1 aliphatic rings. The highest BCUT2D eigenvalue weighted by Crippen LogP contribution is 2.27. The molecule has 3 rings (SSSR count). The summed E-state index contributed by atoms with van der Waals surface area (Å²) in [5, 5.41) is 1.20. The Morgan fingerprint density at radius 1 is 1.26 bits per heavy atom. The number of nitrogens with zero attached hydrogens (tertiary/aromatic N) is 1. The van der Waals surface area contributed by atoms with Crippen LogP contribution in [0, 0.1) is 0 Å². The van der Waals surface area contributed by atoms with Crippen molar-refractivity contribution in [2.45, 2.75) is 32.1 Å². The summed E-state index contributed by atoms with van der Waals surface area (Å²) < 4.78 is 5.71. The number of fused-ring (bicyclic) bond motifs is 1. The molecule has 2 N–H and O–H groups in total. The van der Waals surface area contributed by atoms with Crippen LogP contribution in [-0.4, -0.2) is 11.6 Å². The van der Waals surface area contributed by atoms with Gasteiger partial charge in [-0.25, -0.2) is 4.98 Å². The molecule has 0 spiro atoms. The molecule has 1 aliphatic carbocycles. The van der Waals surface area contributed by atoms with Crippen LogP contribution < -0.4 is 10.5 Å². The molecule has 4 heteroatoms. The molecule has 0 bridgehead atoms. The first-order chi connectivity index (χ1) is 9.31. The molecule has 2 aromatic rings. The highest BCUT2D eigenvalue weighted by Gasteiger charge is 2.14.